The Kier molecular flexibility index (Phi) is 7.23. The summed E-state index contributed by atoms with van der Waals surface area (Å²) < 4.78 is -1.94. The summed E-state index contributed by atoms with van der Waals surface area (Å²) in [4.78, 5) is 24.0. The lowest BCUT2D eigenvalue weighted by Crippen LogP contribution is -2.56. The summed E-state index contributed by atoms with van der Waals surface area (Å²) in [6, 6.07) is 18.8. The summed E-state index contributed by atoms with van der Waals surface area (Å²) >= 11 is 23.4. The maximum absolute atomic E-state index is 12.9. The van der Waals surface area contributed by atoms with Crippen LogP contribution in [0.4, 0.5) is 5.69 Å². The van der Waals surface area contributed by atoms with Gasteiger partial charge in [0.25, 0.3) is 5.91 Å². The molecule has 0 saturated carbocycles. The fraction of sp³-hybridized carbons (Fsp3) is 0.0952. The minimum atomic E-state index is -1.94. The lowest BCUT2D eigenvalue weighted by atomic mass is 10.0. The molecular formula is C21H16Cl3N3O3S. The van der Waals surface area contributed by atoms with Crippen molar-refractivity contribution in [1.82, 2.24) is 10.6 Å². The summed E-state index contributed by atoms with van der Waals surface area (Å²) in [5.41, 5.74) is 0.906. The molecule has 0 radical (unpaired) electrons. The number of hydrogen-bond acceptors (Lipinski definition) is 3. The lowest BCUT2D eigenvalue weighted by molar-refractivity contribution is 0.0696. The predicted molar refractivity (Wildman–Crippen MR) is 128 cm³/mol. The quantitative estimate of drug-likeness (QED) is 0.227. The molecule has 1 unspecified atom stereocenters. The molecule has 3 rings (SSSR count). The second-order valence-corrected chi connectivity index (χ2v) is 9.24. The van der Waals surface area contributed by atoms with Gasteiger partial charge in [0.05, 0.1) is 5.56 Å². The number of rotatable bonds is 5. The minimum Gasteiger partial charge on any atom is -0.478 e. The fourth-order valence-electron chi connectivity index (χ4n) is 2.86. The molecule has 0 spiro atoms. The summed E-state index contributed by atoms with van der Waals surface area (Å²) in [7, 11) is 0. The van der Waals surface area contributed by atoms with E-state index in [1.807, 2.05) is 30.3 Å². The zero-order chi connectivity index (χ0) is 22.6. The number of alkyl halides is 3. The highest BCUT2D eigenvalue weighted by Gasteiger charge is 2.35. The van der Waals surface area contributed by atoms with Crippen molar-refractivity contribution in [2.75, 3.05) is 5.32 Å². The van der Waals surface area contributed by atoms with Gasteiger partial charge in [-0.25, -0.2) is 4.79 Å². The van der Waals surface area contributed by atoms with Crippen LogP contribution >= 0.6 is 47.0 Å². The van der Waals surface area contributed by atoms with Gasteiger partial charge >= 0.3 is 5.97 Å². The Morgan fingerprint density at radius 2 is 1.61 bits per heavy atom. The number of nitrogens with one attached hydrogen (secondary N) is 3. The molecule has 6 nitrogen and oxygen atoms in total. The first-order valence-electron chi connectivity index (χ1n) is 8.91. The first-order valence-corrected chi connectivity index (χ1v) is 10.5. The highest BCUT2D eigenvalue weighted by molar-refractivity contribution is 7.80. The molecule has 1 amide bonds. The largest absolute Gasteiger partial charge is 0.478 e. The van der Waals surface area contributed by atoms with Crippen molar-refractivity contribution in [1.29, 1.82) is 0 Å². The van der Waals surface area contributed by atoms with E-state index in [1.54, 1.807) is 24.3 Å². The molecule has 3 aromatic carbocycles. The monoisotopic (exact) mass is 495 g/mol. The van der Waals surface area contributed by atoms with Crippen molar-refractivity contribution < 1.29 is 14.7 Å². The highest BCUT2D eigenvalue weighted by atomic mass is 35.6. The summed E-state index contributed by atoms with van der Waals surface area (Å²) in [6.07, 6.45) is -1.17. The van der Waals surface area contributed by atoms with Crippen molar-refractivity contribution in [3.63, 3.8) is 0 Å². The normalized spacial score (nSPS) is 12.1. The number of benzene rings is 3. The van der Waals surface area contributed by atoms with E-state index in [2.05, 4.69) is 16.0 Å². The predicted octanol–water partition coefficient (Wildman–Crippen LogP) is 4.95. The number of hydrogen-bond donors (Lipinski definition) is 4. The van der Waals surface area contributed by atoms with Gasteiger partial charge in [0, 0.05) is 11.3 Å². The van der Waals surface area contributed by atoms with Crippen LogP contribution in [0.3, 0.4) is 0 Å². The van der Waals surface area contributed by atoms with Gasteiger partial charge in [-0.1, -0.05) is 77.3 Å². The van der Waals surface area contributed by atoms with Gasteiger partial charge in [-0.15, -0.1) is 0 Å². The Hall–Kier alpha value is -2.58. The van der Waals surface area contributed by atoms with Gasteiger partial charge in [-0.3, -0.25) is 4.79 Å². The molecular weight excluding hydrogens is 481 g/mol. The number of thiocarbonyl (C=S) groups is 1. The molecule has 10 heteroatoms. The molecule has 0 aromatic heterocycles. The highest BCUT2D eigenvalue weighted by Crippen LogP contribution is 2.30. The topological polar surface area (TPSA) is 90.5 Å². The zero-order valence-corrected chi connectivity index (χ0v) is 18.8. The molecule has 0 fully saturated rings. The summed E-state index contributed by atoms with van der Waals surface area (Å²) in [5.74, 6) is -1.54. The average molecular weight is 497 g/mol. The van der Waals surface area contributed by atoms with E-state index in [0.29, 0.717) is 11.3 Å². The molecule has 0 bridgehead atoms. The van der Waals surface area contributed by atoms with Crippen molar-refractivity contribution in [2.45, 2.75) is 9.96 Å². The van der Waals surface area contributed by atoms with Crippen LogP contribution in [-0.2, 0) is 0 Å². The van der Waals surface area contributed by atoms with Crippen LogP contribution in [-0.4, -0.2) is 32.1 Å². The maximum atomic E-state index is 12.9. The number of halogens is 3. The number of amides is 1. The number of anilines is 1. The SMILES string of the molecule is O=C(O)c1cccc(NC(=S)NC(NC(=O)c2cccc3ccccc23)C(Cl)(Cl)Cl)c1. The third-order valence-corrected chi connectivity index (χ3v) is 5.15. The smallest absolute Gasteiger partial charge is 0.335 e. The third-order valence-electron chi connectivity index (χ3n) is 4.28. The molecule has 0 saturated heterocycles. The van der Waals surface area contributed by atoms with Crippen LogP contribution in [0.2, 0.25) is 0 Å². The molecule has 0 heterocycles. The summed E-state index contributed by atoms with van der Waals surface area (Å²) in [5, 5.41) is 19.0. The van der Waals surface area contributed by atoms with Gasteiger partial charge < -0.3 is 21.1 Å². The van der Waals surface area contributed by atoms with Gasteiger partial charge in [0.15, 0.2) is 5.11 Å². The van der Waals surface area contributed by atoms with Crippen LogP contribution in [0.5, 0.6) is 0 Å². The zero-order valence-electron chi connectivity index (χ0n) is 15.7. The second kappa shape index (κ2) is 9.70. The minimum absolute atomic E-state index is 0.0251. The van der Waals surface area contributed by atoms with Gasteiger partial charge in [-0.2, -0.15) is 0 Å². The van der Waals surface area contributed by atoms with Crippen LogP contribution < -0.4 is 16.0 Å². The molecule has 0 aliphatic heterocycles. The number of carboxylic acid groups (broad SMARTS) is 1. The third kappa shape index (κ3) is 5.98. The van der Waals surface area contributed by atoms with E-state index in [0.717, 1.165) is 10.8 Å². The number of carboxylic acids is 1. The Morgan fingerprint density at radius 3 is 2.32 bits per heavy atom. The average Bonchev–Trinajstić information content (AvgIpc) is 2.72. The fourth-order valence-corrected chi connectivity index (χ4v) is 3.42. The summed E-state index contributed by atoms with van der Waals surface area (Å²) in [6.45, 7) is 0. The first-order chi connectivity index (χ1) is 14.6. The Morgan fingerprint density at radius 1 is 0.935 bits per heavy atom. The number of fused-ring (bicyclic) bond motifs is 1. The molecule has 1 atom stereocenters. The Labute approximate surface area is 198 Å². The van der Waals surface area contributed by atoms with E-state index in [4.69, 9.17) is 52.1 Å². The molecule has 0 aliphatic carbocycles. The van der Waals surface area contributed by atoms with E-state index >= 15 is 0 Å². The maximum Gasteiger partial charge on any atom is 0.335 e. The standard InChI is InChI=1S/C21H16Cl3N3O3S/c22-21(23,24)19(27-20(31)25-14-8-3-7-13(11-14)18(29)30)26-17(28)16-10-4-6-12-5-1-2-9-15(12)16/h1-11,19H,(H,26,28)(H,29,30)(H2,25,27,31). The van der Waals surface area contributed by atoms with Crippen molar-refractivity contribution >= 4 is 80.5 Å². The number of carbonyl (C=O) groups excluding carboxylic acids is 1. The van der Waals surface area contributed by atoms with Crippen molar-refractivity contribution in [3.05, 3.63) is 77.9 Å². The first kappa shape index (κ1) is 23.1. The van der Waals surface area contributed by atoms with E-state index < -0.39 is 21.8 Å². The van der Waals surface area contributed by atoms with E-state index in [-0.39, 0.29) is 10.7 Å². The molecule has 31 heavy (non-hydrogen) atoms. The van der Waals surface area contributed by atoms with Crippen LogP contribution in [0, 0.1) is 0 Å². The lowest BCUT2D eigenvalue weighted by Gasteiger charge is -2.28. The second-order valence-electron chi connectivity index (χ2n) is 6.46. The van der Waals surface area contributed by atoms with Crippen molar-refractivity contribution in [2.24, 2.45) is 0 Å². The van der Waals surface area contributed by atoms with Crippen molar-refractivity contribution in [3.8, 4) is 0 Å². The van der Waals surface area contributed by atoms with Crippen LogP contribution in [0.25, 0.3) is 10.8 Å². The van der Waals surface area contributed by atoms with Gasteiger partial charge in [0.2, 0.25) is 3.79 Å². The van der Waals surface area contributed by atoms with Crippen LogP contribution in [0.1, 0.15) is 20.7 Å². The number of aromatic carboxylic acids is 1. The van der Waals surface area contributed by atoms with E-state index in [9.17, 15) is 9.59 Å². The van der Waals surface area contributed by atoms with E-state index in [1.165, 1.54) is 12.1 Å². The molecule has 0 aliphatic rings. The molecule has 160 valence electrons. The Bertz CT molecular complexity index is 1150. The van der Waals surface area contributed by atoms with Crippen LogP contribution in [0.15, 0.2) is 66.7 Å². The Balaban J connectivity index is 1.76. The van der Waals surface area contributed by atoms with Gasteiger partial charge in [-0.05, 0) is 47.3 Å². The van der Waals surface area contributed by atoms with Gasteiger partial charge in [0.1, 0.15) is 6.17 Å². The molecule has 4 N–H and O–H groups in total. The molecule has 3 aromatic rings. The number of carbonyl (C=O) groups is 2.